The molecule has 0 unspecified atom stereocenters. The number of hydrogen-bond acceptors (Lipinski definition) is 5. The highest BCUT2D eigenvalue weighted by Gasteiger charge is 2.37. The Labute approximate surface area is 111 Å². The number of sulfonamides is 1. The molecule has 1 aromatic rings. The lowest BCUT2D eigenvalue weighted by molar-refractivity contribution is 0.0572. The molecule has 0 aromatic heterocycles. The summed E-state index contributed by atoms with van der Waals surface area (Å²) in [5, 5.41) is 18.9. The molecule has 0 aliphatic carbocycles. The molecule has 0 bridgehead atoms. The molecule has 3 rings (SSSR count). The van der Waals surface area contributed by atoms with Crippen LogP contribution >= 0.6 is 0 Å². The standard InChI is InChI=1S/C12H15NO5S/c14-10-6-13(7-11(10)15)19(16,17)9-1-2-12-8(5-9)3-4-18-12/h1-2,5,10-11,14-15H,3-4,6-7H2/t10-,11+. The van der Waals surface area contributed by atoms with Crippen molar-refractivity contribution in [3.05, 3.63) is 23.8 Å². The summed E-state index contributed by atoms with van der Waals surface area (Å²) in [5.41, 5.74) is 0.876. The van der Waals surface area contributed by atoms with Crippen LogP contribution in [0.3, 0.4) is 0 Å². The highest BCUT2D eigenvalue weighted by Crippen LogP contribution is 2.29. The van der Waals surface area contributed by atoms with E-state index in [0.717, 1.165) is 15.6 Å². The van der Waals surface area contributed by atoms with Crippen LogP contribution < -0.4 is 4.74 Å². The molecule has 2 aliphatic rings. The van der Waals surface area contributed by atoms with E-state index in [2.05, 4.69) is 0 Å². The van der Waals surface area contributed by atoms with E-state index >= 15 is 0 Å². The van der Waals surface area contributed by atoms with Crippen molar-refractivity contribution in [1.82, 2.24) is 4.31 Å². The van der Waals surface area contributed by atoms with E-state index in [4.69, 9.17) is 4.74 Å². The number of benzene rings is 1. The second-order valence-corrected chi connectivity index (χ2v) is 6.76. The highest BCUT2D eigenvalue weighted by molar-refractivity contribution is 7.89. The molecule has 6 nitrogen and oxygen atoms in total. The van der Waals surface area contributed by atoms with Crippen molar-refractivity contribution in [2.75, 3.05) is 19.7 Å². The quantitative estimate of drug-likeness (QED) is 0.754. The van der Waals surface area contributed by atoms with Crippen LogP contribution in [0.2, 0.25) is 0 Å². The molecule has 0 spiro atoms. The summed E-state index contributed by atoms with van der Waals surface area (Å²) in [7, 11) is -3.67. The van der Waals surface area contributed by atoms with E-state index in [9.17, 15) is 18.6 Å². The van der Waals surface area contributed by atoms with Gasteiger partial charge in [0, 0.05) is 19.5 Å². The van der Waals surface area contributed by atoms with Crippen molar-refractivity contribution in [1.29, 1.82) is 0 Å². The first kappa shape index (κ1) is 12.9. The molecule has 2 N–H and O–H groups in total. The van der Waals surface area contributed by atoms with Crippen LogP contribution in [0.15, 0.2) is 23.1 Å². The zero-order valence-corrected chi connectivity index (χ0v) is 11.0. The predicted octanol–water partition coefficient (Wildman–Crippen LogP) is -0.652. The van der Waals surface area contributed by atoms with Gasteiger partial charge >= 0.3 is 0 Å². The second-order valence-electron chi connectivity index (χ2n) is 4.82. The topological polar surface area (TPSA) is 87.1 Å². The lowest BCUT2D eigenvalue weighted by Crippen LogP contribution is -2.30. The van der Waals surface area contributed by atoms with Gasteiger partial charge in [0.25, 0.3) is 0 Å². The number of fused-ring (bicyclic) bond motifs is 1. The molecule has 0 radical (unpaired) electrons. The van der Waals surface area contributed by atoms with Crippen molar-refractivity contribution in [2.45, 2.75) is 23.5 Å². The normalized spacial score (nSPS) is 27.3. The van der Waals surface area contributed by atoms with Crippen LogP contribution in [0.25, 0.3) is 0 Å². The van der Waals surface area contributed by atoms with Crippen LogP contribution in [0.4, 0.5) is 0 Å². The third-order valence-corrected chi connectivity index (χ3v) is 5.35. The molecule has 1 aromatic carbocycles. The highest BCUT2D eigenvalue weighted by atomic mass is 32.2. The summed E-state index contributed by atoms with van der Waals surface area (Å²) in [6.07, 6.45) is -1.34. The molecular weight excluding hydrogens is 270 g/mol. The smallest absolute Gasteiger partial charge is 0.243 e. The Morgan fingerprint density at radius 3 is 2.58 bits per heavy atom. The first-order valence-electron chi connectivity index (χ1n) is 6.10. The summed E-state index contributed by atoms with van der Waals surface area (Å²) in [4.78, 5) is 0.179. The van der Waals surface area contributed by atoms with E-state index in [1.807, 2.05) is 0 Å². The Morgan fingerprint density at radius 1 is 1.21 bits per heavy atom. The Morgan fingerprint density at radius 2 is 1.89 bits per heavy atom. The number of hydrogen-bond donors (Lipinski definition) is 2. The predicted molar refractivity (Wildman–Crippen MR) is 66.4 cm³/mol. The number of aliphatic hydroxyl groups is 2. The van der Waals surface area contributed by atoms with E-state index in [1.54, 1.807) is 12.1 Å². The van der Waals surface area contributed by atoms with Gasteiger partial charge in [-0.15, -0.1) is 0 Å². The van der Waals surface area contributed by atoms with Gasteiger partial charge in [-0.25, -0.2) is 8.42 Å². The van der Waals surface area contributed by atoms with E-state index in [-0.39, 0.29) is 18.0 Å². The fraction of sp³-hybridized carbons (Fsp3) is 0.500. The molecular formula is C12H15NO5S. The lowest BCUT2D eigenvalue weighted by atomic mass is 10.2. The van der Waals surface area contributed by atoms with Crippen molar-refractivity contribution >= 4 is 10.0 Å². The van der Waals surface area contributed by atoms with Crippen LogP contribution in [-0.2, 0) is 16.4 Å². The SMILES string of the molecule is O=S(=O)(c1ccc2c(c1)CCO2)N1C[C@@H](O)[C@@H](O)C1. The van der Waals surface area contributed by atoms with Gasteiger partial charge in [-0.05, 0) is 23.8 Å². The zero-order valence-electron chi connectivity index (χ0n) is 10.2. The Balaban J connectivity index is 1.93. The first-order chi connectivity index (χ1) is 8.98. The summed E-state index contributed by atoms with van der Waals surface area (Å²) < 4.78 is 31.2. The fourth-order valence-corrected chi connectivity index (χ4v) is 3.93. The maximum Gasteiger partial charge on any atom is 0.243 e. The number of ether oxygens (including phenoxy) is 1. The minimum atomic E-state index is -3.67. The molecule has 1 saturated heterocycles. The molecule has 2 aliphatic heterocycles. The minimum Gasteiger partial charge on any atom is -0.493 e. The van der Waals surface area contributed by atoms with Gasteiger partial charge in [-0.3, -0.25) is 0 Å². The number of rotatable bonds is 2. The maximum absolute atomic E-state index is 12.4. The lowest BCUT2D eigenvalue weighted by Gasteiger charge is -2.16. The third kappa shape index (κ3) is 2.12. The number of β-amino-alcohol motifs (C(OH)–C–C–N with tert-alkyl or cyclic N) is 2. The van der Waals surface area contributed by atoms with Crippen LogP contribution in [0.1, 0.15) is 5.56 Å². The zero-order chi connectivity index (χ0) is 13.6. The maximum atomic E-state index is 12.4. The van der Waals surface area contributed by atoms with Crippen molar-refractivity contribution in [3.8, 4) is 5.75 Å². The average Bonchev–Trinajstić information content (AvgIpc) is 2.96. The number of aliphatic hydroxyl groups excluding tert-OH is 2. The molecule has 7 heteroatoms. The van der Waals surface area contributed by atoms with E-state index in [0.29, 0.717) is 13.0 Å². The summed E-state index contributed by atoms with van der Waals surface area (Å²) in [6.45, 7) is 0.425. The molecule has 2 atom stereocenters. The van der Waals surface area contributed by atoms with Crippen LogP contribution in [0.5, 0.6) is 5.75 Å². The van der Waals surface area contributed by atoms with E-state index in [1.165, 1.54) is 6.07 Å². The average molecular weight is 285 g/mol. The first-order valence-corrected chi connectivity index (χ1v) is 7.54. The van der Waals surface area contributed by atoms with Crippen molar-refractivity contribution in [2.24, 2.45) is 0 Å². The fourth-order valence-electron chi connectivity index (χ4n) is 2.40. The van der Waals surface area contributed by atoms with Crippen LogP contribution in [0, 0.1) is 0 Å². The van der Waals surface area contributed by atoms with Crippen LogP contribution in [-0.4, -0.2) is 54.8 Å². The van der Waals surface area contributed by atoms with Gasteiger partial charge in [0.05, 0.1) is 23.7 Å². The Bertz CT molecular complexity index is 590. The Hall–Kier alpha value is -1.15. The van der Waals surface area contributed by atoms with Gasteiger partial charge in [0.2, 0.25) is 10.0 Å². The van der Waals surface area contributed by atoms with Gasteiger partial charge in [-0.2, -0.15) is 4.31 Å². The van der Waals surface area contributed by atoms with Gasteiger partial charge < -0.3 is 14.9 Å². The molecule has 0 saturated carbocycles. The van der Waals surface area contributed by atoms with Crippen molar-refractivity contribution in [3.63, 3.8) is 0 Å². The molecule has 104 valence electrons. The Kier molecular flexibility index (Phi) is 3.01. The summed E-state index contributed by atoms with van der Waals surface area (Å²) in [6, 6.07) is 4.75. The summed E-state index contributed by atoms with van der Waals surface area (Å²) >= 11 is 0. The van der Waals surface area contributed by atoms with E-state index < -0.39 is 22.2 Å². The third-order valence-electron chi connectivity index (χ3n) is 3.52. The van der Waals surface area contributed by atoms with Crippen molar-refractivity contribution < 1.29 is 23.4 Å². The molecule has 0 amide bonds. The molecule has 2 heterocycles. The minimum absolute atomic E-state index is 0.0723. The second kappa shape index (κ2) is 4.45. The number of nitrogens with zero attached hydrogens (tertiary/aromatic N) is 1. The monoisotopic (exact) mass is 285 g/mol. The van der Waals surface area contributed by atoms with Gasteiger partial charge in [-0.1, -0.05) is 0 Å². The molecule has 19 heavy (non-hydrogen) atoms. The van der Waals surface area contributed by atoms with Gasteiger partial charge in [0.1, 0.15) is 5.75 Å². The molecule has 1 fully saturated rings. The largest absolute Gasteiger partial charge is 0.493 e. The summed E-state index contributed by atoms with van der Waals surface area (Å²) in [5.74, 6) is 0.723. The van der Waals surface area contributed by atoms with Gasteiger partial charge in [0.15, 0.2) is 0 Å².